The molecule has 1 heterocycles. The number of hydrogen-bond acceptors (Lipinski definition) is 5. The molecular weight excluding hydrogens is 262 g/mol. The van der Waals surface area contributed by atoms with Gasteiger partial charge in [-0.3, -0.25) is 4.79 Å². The van der Waals surface area contributed by atoms with Crippen molar-refractivity contribution in [2.45, 2.75) is 19.8 Å². The van der Waals surface area contributed by atoms with Gasteiger partial charge in [-0.05, 0) is 18.6 Å². The van der Waals surface area contributed by atoms with Crippen LogP contribution in [-0.2, 0) is 6.42 Å². The number of aryl methyl sites for hydroxylation is 1. The lowest BCUT2D eigenvalue weighted by Gasteiger charge is -2.10. The molecule has 0 saturated carbocycles. The van der Waals surface area contributed by atoms with Gasteiger partial charge in [0, 0.05) is 17.3 Å². The molecule has 20 heavy (non-hydrogen) atoms. The summed E-state index contributed by atoms with van der Waals surface area (Å²) >= 11 is 0. The maximum Gasteiger partial charge on any atom is 0.224 e. The van der Waals surface area contributed by atoms with Crippen LogP contribution in [0.2, 0.25) is 0 Å². The number of phenolic OH excluding ortho intramolecular Hbond substituents is 3. The number of hydrogen-bond donors (Lipinski definition) is 5. The number of aromatic nitrogens is 1. The molecule has 2 aromatic rings. The minimum absolute atomic E-state index is 0.0894. The Balaban J connectivity index is 2.65. The van der Waals surface area contributed by atoms with Crippen molar-refractivity contribution < 1.29 is 20.4 Å². The zero-order chi connectivity index (χ0) is 14.9. The van der Waals surface area contributed by atoms with E-state index in [9.17, 15) is 25.2 Å². The number of H-pyrrole nitrogens is 1. The summed E-state index contributed by atoms with van der Waals surface area (Å²) in [5.41, 5.74) is 0.378. The van der Waals surface area contributed by atoms with Crippen molar-refractivity contribution in [1.29, 1.82) is 0 Å². The van der Waals surface area contributed by atoms with Crippen LogP contribution in [0.15, 0.2) is 23.0 Å². The second kappa shape index (κ2) is 5.16. The third kappa shape index (κ3) is 2.40. The maximum absolute atomic E-state index is 11.7. The Bertz CT molecular complexity index is 682. The first-order valence-corrected chi connectivity index (χ1v) is 6.14. The molecule has 0 unspecified atom stereocenters. The molecule has 6 nitrogen and oxygen atoms in total. The van der Waals surface area contributed by atoms with Crippen LogP contribution in [0.25, 0.3) is 11.3 Å². The van der Waals surface area contributed by atoms with Crippen LogP contribution in [0.3, 0.4) is 0 Å². The molecule has 5 N–H and O–H groups in total. The molecule has 1 aromatic heterocycles. The molecule has 0 atom stereocenters. The van der Waals surface area contributed by atoms with Gasteiger partial charge in [-0.25, -0.2) is 0 Å². The maximum atomic E-state index is 11.7. The summed E-state index contributed by atoms with van der Waals surface area (Å²) in [4.78, 5) is 14.6. The Morgan fingerprint density at radius 1 is 1.00 bits per heavy atom. The fourth-order valence-corrected chi connectivity index (χ4v) is 1.97. The van der Waals surface area contributed by atoms with Crippen LogP contribution in [0, 0.1) is 0 Å². The van der Waals surface area contributed by atoms with Gasteiger partial charge in [-0.1, -0.05) is 13.3 Å². The van der Waals surface area contributed by atoms with Crippen LogP contribution in [-0.4, -0.2) is 25.4 Å². The molecule has 1 aromatic carbocycles. The van der Waals surface area contributed by atoms with Crippen LogP contribution >= 0.6 is 0 Å². The van der Waals surface area contributed by atoms with Gasteiger partial charge >= 0.3 is 0 Å². The highest BCUT2D eigenvalue weighted by Crippen LogP contribution is 2.39. The molecule has 0 saturated heterocycles. The van der Waals surface area contributed by atoms with Crippen molar-refractivity contribution in [3.05, 3.63) is 34.1 Å². The summed E-state index contributed by atoms with van der Waals surface area (Å²) in [6, 6.07) is 3.61. The van der Waals surface area contributed by atoms with Crippen molar-refractivity contribution >= 4 is 0 Å². The average Bonchev–Trinajstić information content (AvgIpc) is 2.39. The molecule has 6 heteroatoms. The molecule has 106 valence electrons. The first-order valence-electron chi connectivity index (χ1n) is 6.14. The molecular formula is C14H15NO5. The zero-order valence-electron chi connectivity index (χ0n) is 10.8. The lowest BCUT2D eigenvalue weighted by Crippen LogP contribution is -2.06. The van der Waals surface area contributed by atoms with Gasteiger partial charge in [0.25, 0.3) is 0 Å². The predicted octanol–water partition coefficient (Wildman–Crippen LogP) is 1.82. The van der Waals surface area contributed by atoms with Crippen LogP contribution in [0.5, 0.6) is 23.0 Å². The lowest BCUT2D eigenvalue weighted by molar-refractivity contribution is 0.368. The number of aromatic hydroxyl groups is 4. The highest BCUT2D eigenvalue weighted by Gasteiger charge is 2.15. The smallest absolute Gasteiger partial charge is 0.224 e. The van der Waals surface area contributed by atoms with E-state index in [1.807, 2.05) is 6.92 Å². The molecule has 0 spiro atoms. The molecule has 0 bridgehead atoms. The standard InChI is InChI=1S/C14H15NO5/c1-2-3-8-6-11(18)14(20)12(15-8)7-4-9(16)13(19)10(17)5-7/h4-6,16-17,19-20H,2-3H2,1H3,(H,15,18). The number of benzene rings is 1. The quantitative estimate of drug-likeness (QED) is 0.549. The van der Waals surface area contributed by atoms with E-state index in [4.69, 9.17) is 0 Å². The summed E-state index contributed by atoms with van der Waals surface area (Å²) in [6.07, 6.45) is 1.44. The Hall–Kier alpha value is -2.63. The fraction of sp³-hybridized carbons (Fsp3) is 0.214. The highest BCUT2D eigenvalue weighted by atomic mass is 16.3. The summed E-state index contributed by atoms with van der Waals surface area (Å²) in [6.45, 7) is 1.95. The predicted molar refractivity (Wildman–Crippen MR) is 73.2 cm³/mol. The van der Waals surface area contributed by atoms with E-state index in [1.165, 1.54) is 6.07 Å². The summed E-state index contributed by atoms with van der Waals surface area (Å²) in [5.74, 6) is -2.24. The zero-order valence-corrected chi connectivity index (χ0v) is 10.8. The minimum atomic E-state index is -0.653. The van der Waals surface area contributed by atoms with Crippen LogP contribution in [0.1, 0.15) is 19.0 Å². The molecule has 0 amide bonds. The fourth-order valence-electron chi connectivity index (χ4n) is 1.97. The van der Waals surface area contributed by atoms with E-state index >= 15 is 0 Å². The largest absolute Gasteiger partial charge is 0.504 e. The monoisotopic (exact) mass is 277 g/mol. The normalized spacial score (nSPS) is 10.7. The number of phenols is 3. The van der Waals surface area contributed by atoms with Crippen molar-refractivity contribution in [2.24, 2.45) is 0 Å². The molecule has 0 aliphatic rings. The number of pyridine rings is 1. The third-order valence-electron chi connectivity index (χ3n) is 2.94. The minimum Gasteiger partial charge on any atom is -0.504 e. The van der Waals surface area contributed by atoms with Gasteiger partial charge in [0.15, 0.2) is 23.0 Å². The van der Waals surface area contributed by atoms with Gasteiger partial charge in [-0.15, -0.1) is 0 Å². The van der Waals surface area contributed by atoms with E-state index in [1.54, 1.807) is 0 Å². The number of rotatable bonds is 3. The molecule has 2 rings (SSSR count). The summed E-state index contributed by atoms with van der Waals surface area (Å²) in [5, 5.41) is 38.1. The Labute approximate surface area is 114 Å². The number of nitrogens with one attached hydrogen (secondary N) is 1. The first-order chi connectivity index (χ1) is 9.43. The van der Waals surface area contributed by atoms with Crippen molar-refractivity contribution in [2.75, 3.05) is 0 Å². The van der Waals surface area contributed by atoms with E-state index in [-0.39, 0.29) is 11.3 Å². The van der Waals surface area contributed by atoms with Gasteiger partial charge in [0.2, 0.25) is 5.43 Å². The summed E-state index contributed by atoms with van der Waals surface area (Å²) in [7, 11) is 0. The van der Waals surface area contributed by atoms with Crippen LogP contribution < -0.4 is 5.43 Å². The number of aromatic amines is 1. The van der Waals surface area contributed by atoms with Gasteiger partial charge in [0.1, 0.15) is 0 Å². The average molecular weight is 277 g/mol. The summed E-state index contributed by atoms with van der Waals surface area (Å²) < 4.78 is 0. The molecule has 0 radical (unpaired) electrons. The Morgan fingerprint density at radius 3 is 2.15 bits per heavy atom. The first kappa shape index (κ1) is 13.8. The van der Waals surface area contributed by atoms with Crippen molar-refractivity contribution in [3.8, 4) is 34.3 Å². The lowest BCUT2D eigenvalue weighted by atomic mass is 10.1. The van der Waals surface area contributed by atoms with Crippen LogP contribution in [0.4, 0.5) is 0 Å². The van der Waals surface area contributed by atoms with E-state index in [0.717, 1.165) is 18.6 Å². The molecule has 0 fully saturated rings. The van der Waals surface area contributed by atoms with Gasteiger partial charge in [-0.2, -0.15) is 0 Å². The molecule has 0 aliphatic carbocycles. The molecule has 0 aliphatic heterocycles. The van der Waals surface area contributed by atoms with Gasteiger partial charge in [0.05, 0.1) is 5.69 Å². The van der Waals surface area contributed by atoms with Crippen molar-refractivity contribution in [3.63, 3.8) is 0 Å². The Kier molecular flexibility index (Phi) is 3.56. The second-order valence-electron chi connectivity index (χ2n) is 4.50. The van der Waals surface area contributed by atoms with Gasteiger partial charge < -0.3 is 25.4 Å². The highest BCUT2D eigenvalue weighted by molar-refractivity contribution is 5.71. The second-order valence-corrected chi connectivity index (χ2v) is 4.50. The van der Waals surface area contributed by atoms with E-state index < -0.39 is 28.4 Å². The Morgan fingerprint density at radius 2 is 1.60 bits per heavy atom. The van der Waals surface area contributed by atoms with Crippen molar-refractivity contribution in [1.82, 2.24) is 4.98 Å². The third-order valence-corrected chi connectivity index (χ3v) is 2.94. The van der Waals surface area contributed by atoms with E-state index in [2.05, 4.69) is 4.98 Å². The van der Waals surface area contributed by atoms with E-state index in [0.29, 0.717) is 12.1 Å². The SMILES string of the molecule is CCCc1cc(=O)c(O)c(-c2cc(O)c(O)c(O)c2)[nH]1. The topological polar surface area (TPSA) is 114 Å².